The number of nitrogens with zero attached hydrogens (tertiary/aromatic N) is 1. The molecule has 4 aromatic carbocycles. The summed E-state index contributed by atoms with van der Waals surface area (Å²) < 4.78 is 10.8. The van der Waals surface area contributed by atoms with Gasteiger partial charge in [-0.25, -0.2) is 10.2 Å². The largest absolute Gasteiger partial charge is 0.493 e. The lowest BCUT2D eigenvalue weighted by atomic mass is 10.1. The summed E-state index contributed by atoms with van der Waals surface area (Å²) in [4.78, 5) is 36.9. The number of hydrogen-bond donors (Lipinski definition) is 2. The maximum atomic E-state index is 12.4. The highest BCUT2D eigenvalue weighted by molar-refractivity contribution is 6.40. The smallest absolute Gasteiger partial charge is 0.343 e. The van der Waals surface area contributed by atoms with E-state index in [-0.39, 0.29) is 5.75 Å². The third-order valence-corrected chi connectivity index (χ3v) is 5.30. The number of methoxy groups -OCH3 is 1. The third kappa shape index (κ3) is 5.74. The molecular weight excluding hydrogens is 458 g/mol. The normalized spacial score (nSPS) is 10.7. The Labute approximate surface area is 207 Å². The third-order valence-electron chi connectivity index (χ3n) is 5.30. The first kappa shape index (κ1) is 24.2. The van der Waals surface area contributed by atoms with Crippen LogP contribution in [0.2, 0.25) is 0 Å². The summed E-state index contributed by atoms with van der Waals surface area (Å²) in [5, 5.41) is 8.20. The lowest BCUT2D eigenvalue weighted by Crippen LogP contribution is -2.32. The number of nitrogens with one attached hydrogen (secondary N) is 2. The van der Waals surface area contributed by atoms with E-state index in [9.17, 15) is 14.4 Å². The lowest BCUT2D eigenvalue weighted by Gasteiger charge is -2.10. The molecule has 180 valence electrons. The van der Waals surface area contributed by atoms with Crippen molar-refractivity contribution in [3.05, 3.63) is 102 Å². The molecule has 8 heteroatoms. The highest BCUT2D eigenvalue weighted by Gasteiger charge is 2.15. The minimum atomic E-state index is -0.921. The first-order valence-electron chi connectivity index (χ1n) is 11.0. The summed E-state index contributed by atoms with van der Waals surface area (Å²) >= 11 is 0. The average molecular weight is 482 g/mol. The van der Waals surface area contributed by atoms with Gasteiger partial charge in [-0.15, -0.1) is 0 Å². The molecule has 2 amide bonds. The SMILES string of the molecule is COc1cc(C=NNC(=O)C(=O)Nc2cccc3ccccc23)ccc1OC(=O)c1ccc(C)cc1. The standard InChI is InChI=1S/C28H23N3O5/c1-18-10-13-21(14-11-18)28(34)36-24-15-12-19(16-25(24)35-2)17-29-31-27(33)26(32)30-23-9-5-7-20-6-3-4-8-22(20)23/h3-17H,1-2H3,(H,30,32)(H,31,33). The second-order valence-electron chi connectivity index (χ2n) is 7.85. The predicted molar refractivity (Wildman–Crippen MR) is 137 cm³/mol. The van der Waals surface area contributed by atoms with Crippen LogP contribution < -0.4 is 20.2 Å². The Morgan fingerprint density at radius 2 is 1.58 bits per heavy atom. The van der Waals surface area contributed by atoms with Crippen molar-refractivity contribution in [3.8, 4) is 11.5 Å². The first-order chi connectivity index (χ1) is 17.4. The van der Waals surface area contributed by atoms with Gasteiger partial charge in [0, 0.05) is 11.1 Å². The molecule has 0 fully saturated rings. The van der Waals surface area contributed by atoms with Gasteiger partial charge in [0.25, 0.3) is 0 Å². The van der Waals surface area contributed by atoms with E-state index in [1.165, 1.54) is 13.3 Å². The van der Waals surface area contributed by atoms with Crippen LogP contribution in [0, 0.1) is 6.92 Å². The Hall–Kier alpha value is -4.98. The summed E-state index contributed by atoms with van der Waals surface area (Å²) in [6, 6.07) is 24.7. The van der Waals surface area contributed by atoms with Gasteiger partial charge in [0.05, 0.1) is 18.9 Å². The highest BCUT2D eigenvalue weighted by Crippen LogP contribution is 2.28. The van der Waals surface area contributed by atoms with Gasteiger partial charge in [-0.05, 0) is 54.3 Å². The molecule has 0 aromatic heterocycles. The van der Waals surface area contributed by atoms with E-state index in [1.54, 1.807) is 42.5 Å². The van der Waals surface area contributed by atoms with Crippen LogP contribution in [0.3, 0.4) is 0 Å². The molecule has 8 nitrogen and oxygen atoms in total. The van der Waals surface area contributed by atoms with Crippen LogP contribution in [0.4, 0.5) is 5.69 Å². The Balaban J connectivity index is 1.38. The van der Waals surface area contributed by atoms with Crippen molar-refractivity contribution in [2.45, 2.75) is 6.92 Å². The number of ether oxygens (including phenoxy) is 2. The molecule has 0 aliphatic rings. The maximum Gasteiger partial charge on any atom is 0.343 e. The molecule has 36 heavy (non-hydrogen) atoms. The second kappa shape index (κ2) is 11.0. The van der Waals surface area contributed by atoms with E-state index in [4.69, 9.17) is 9.47 Å². The Morgan fingerprint density at radius 3 is 2.36 bits per heavy atom. The topological polar surface area (TPSA) is 106 Å². The summed E-state index contributed by atoms with van der Waals surface area (Å²) in [6.45, 7) is 1.93. The number of carbonyl (C=O) groups is 3. The average Bonchev–Trinajstić information content (AvgIpc) is 2.89. The van der Waals surface area contributed by atoms with Crippen molar-refractivity contribution in [1.82, 2.24) is 5.43 Å². The molecule has 0 heterocycles. The highest BCUT2D eigenvalue weighted by atomic mass is 16.6. The molecule has 0 atom stereocenters. The molecule has 0 aliphatic carbocycles. The van der Waals surface area contributed by atoms with E-state index < -0.39 is 17.8 Å². The van der Waals surface area contributed by atoms with Crippen LogP contribution in [-0.2, 0) is 9.59 Å². The molecular formula is C28H23N3O5. The minimum absolute atomic E-state index is 0.235. The lowest BCUT2D eigenvalue weighted by molar-refractivity contribution is -0.136. The number of fused-ring (bicyclic) bond motifs is 1. The van der Waals surface area contributed by atoms with Gasteiger partial charge in [0.15, 0.2) is 11.5 Å². The van der Waals surface area contributed by atoms with E-state index in [0.717, 1.165) is 16.3 Å². The Bertz CT molecular complexity index is 1460. The molecule has 0 spiro atoms. The number of amides is 2. The van der Waals surface area contributed by atoms with E-state index in [0.29, 0.717) is 22.6 Å². The number of anilines is 1. The van der Waals surface area contributed by atoms with Crippen molar-refractivity contribution in [2.75, 3.05) is 12.4 Å². The Kier molecular flexibility index (Phi) is 7.36. The van der Waals surface area contributed by atoms with Crippen LogP contribution >= 0.6 is 0 Å². The van der Waals surface area contributed by atoms with Crippen LogP contribution in [0.5, 0.6) is 11.5 Å². The van der Waals surface area contributed by atoms with Gasteiger partial charge in [-0.2, -0.15) is 5.10 Å². The molecule has 4 rings (SSSR count). The predicted octanol–water partition coefficient (Wildman–Crippen LogP) is 4.46. The monoisotopic (exact) mass is 481 g/mol. The van der Waals surface area contributed by atoms with Crippen LogP contribution in [-0.4, -0.2) is 31.1 Å². The summed E-state index contributed by atoms with van der Waals surface area (Å²) in [5.41, 5.74) is 4.73. The Morgan fingerprint density at radius 1 is 0.833 bits per heavy atom. The zero-order chi connectivity index (χ0) is 25.5. The van der Waals surface area contributed by atoms with Crippen LogP contribution in [0.25, 0.3) is 10.8 Å². The maximum absolute atomic E-state index is 12.4. The molecule has 4 aromatic rings. The van der Waals surface area contributed by atoms with Crippen LogP contribution in [0.15, 0.2) is 90.0 Å². The number of aryl methyl sites for hydroxylation is 1. The fourth-order valence-electron chi connectivity index (χ4n) is 3.43. The minimum Gasteiger partial charge on any atom is -0.493 e. The molecule has 0 unspecified atom stereocenters. The van der Waals surface area contributed by atoms with Crippen molar-refractivity contribution in [1.29, 1.82) is 0 Å². The van der Waals surface area contributed by atoms with Crippen molar-refractivity contribution in [2.24, 2.45) is 5.10 Å². The van der Waals surface area contributed by atoms with E-state index >= 15 is 0 Å². The number of hydrazone groups is 1. The molecule has 0 aliphatic heterocycles. The number of esters is 1. The summed E-state index contributed by atoms with van der Waals surface area (Å²) in [7, 11) is 1.44. The van der Waals surface area contributed by atoms with Gasteiger partial charge in [0.2, 0.25) is 0 Å². The van der Waals surface area contributed by atoms with Crippen molar-refractivity contribution < 1.29 is 23.9 Å². The quantitative estimate of drug-likeness (QED) is 0.139. The van der Waals surface area contributed by atoms with E-state index in [1.807, 2.05) is 49.4 Å². The van der Waals surface area contributed by atoms with Gasteiger partial charge < -0.3 is 14.8 Å². The number of rotatable bonds is 6. The van der Waals surface area contributed by atoms with Crippen molar-refractivity contribution >= 4 is 40.5 Å². The molecule has 0 saturated carbocycles. The van der Waals surface area contributed by atoms with Gasteiger partial charge in [-0.1, -0.05) is 54.1 Å². The summed E-state index contributed by atoms with van der Waals surface area (Å²) in [5.74, 6) is -1.74. The fourth-order valence-corrected chi connectivity index (χ4v) is 3.43. The zero-order valence-electron chi connectivity index (χ0n) is 19.6. The fraction of sp³-hybridized carbons (Fsp3) is 0.0714. The second-order valence-corrected chi connectivity index (χ2v) is 7.85. The molecule has 0 saturated heterocycles. The van der Waals surface area contributed by atoms with Gasteiger partial charge >= 0.3 is 17.8 Å². The molecule has 2 N–H and O–H groups in total. The zero-order valence-corrected chi connectivity index (χ0v) is 19.6. The van der Waals surface area contributed by atoms with Gasteiger partial charge in [0.1, 0.15) is 0 Å². The van der Waals surface area contributed by atoms with Gasteiger partial charge in [-0.3, -0.25) is 9.59 Å². The molecule has 0 bridgehead atoms. The summed E-state index contributed by atoms with van der Waals surface area (Å²) in [6.07, 6.45) is 1.34. The number of benzene rings is 4. The number of hydrogen-bond acceptors (Lipinski definition) is 6. The van der Waals surface area contributed by atoms with E-state index in [2.05, 4.69) is 15.8 Å². The number of carbonyl (C=O) groups excluding carboxylic acids is 3. The molecule has 0 radical (unpaired) electrons. The van der Waals surface area contributed by atoms with Crippen molar-refractivity contribution in [3.63, 3.8) is 0 Å². The first-order valence-corrected chi connectivity index (χ1v) is 11.0. The van der Waals surface area contributed by atoms with Crippen LogP contribution in [0.1, 0.15) is 21.5 Å².